The molecule has 1 N–H and O–H groups in total. The van der Waals surface area contributed by atoms with Gasteiger partial charge in [-0.05, 0) is 53.1 Å². The van der Waals surface area contributed by atoms with Crippen LogP contribution in [-0.4, -0.2) is 10.9 Å². The van der Waals surface area contributed by atoms with Gasteiger partial charge >= 0.3 is 6.03 Å². The molecular formula is C27H22Cl2N2O. The monoisotopic (exact) mass is 460 g/mol. The second-order valence-corrected chi connectivity index (χ2v) is 8.29. The second-order valence-electron chi connectivity index (χ2n) is 7.42. The van der Waals surface area contributed by atoms with Gasteiger partial charge in [0.05, 0.1) is 6.04 Å². The standard InChI is InChI=1S/C27H22Cl2N2O/c28-23-13-11-20(12-14-23)19-31(27(32)30-25-17-15-24(29)16-18-25)26(21-7-3-1-4-8-21)22-9-5-2-6-10-22/h1-18,26H,19H2,(H,30,32). The number of hydrogen-bond acceptors (Lipinski definition) is 1. The van der Waals surface area contributed by atoms with Gasteiger partial charge in [-0.2, -0.15) is 0 Å². The summed E-state index contributed by atoms with van der Waals surface area (Å²) in [7, 11) is 0. The summed E-state index contributed by atoms with van der Waals surface area (Å²) in [6, 6.07) is 34.3. The smallest absolute Gasteiger partial charge is 0.309 e. The molecule has 0 aliphatic carbocycles. The molecule has 0 saturated heterocycles. The van der Waals surface area contributed by atoms with E-state index in [9.17, 15) is 4.79 Å². The molecule has 0 heterocycles. The van der Waals surface area contributed by atoms with Crippen molar-refractivity contribution in [1.82, 2.24) is 4.90 Å². The van der Waals surface area contributed by atoms with Crippen LogP contribution in [0.3, 0.4) is 0 Å². The lowest BCUT2D eigenvalue weighted by molar-refractivity contribution is 0.194. The molecule has 0 spiro atoms. The minimum Gasteiger partial charge on any atom is -0.309 e. The molecule has 0 radical (unpaired) electrons. The molecule has 5 heteroatoms. The van der Waals surface area contributed by atoms with Crippen LogP contribution in [0.5, 0.6) is 0 Å². The van der Waals surface area contributed by atoms with E-state index < -0.39 is 0 Å². The van der Waals surface area contributed by atoms with Crippen molar-refractivity contribution in [3.8, 4) is 0 Å². The van der Waals surface area contributed by atoms with Gasteiger partial charge in [-0.3, -0.25) is 0 Å². The number of amides is 2. The molecule has 4 aromatic rings. The number of anilines is 1. The highest BCUT2D eigenvalue weighted by Gasteiger charge is 2.27. The maximum Gasteiger partial charge on any atom is 0.322 e. The van der Waals surface area contributed by atoms with Gasteiger partial charge in [-0.1, -0.05) is 96.0 Å². The average molecular weight is 461 g/mol. The van der Waals surface area contributed by atoms with Crippen LogP contribution in [0.2, 0.25) is 10.0 Å². The van der Waals surface area contributed by atoms with Crippen molar-refractivity contribution in [3.05, 3.63) is 136 Å². The number of carbonyl (C=O) groups is 1. The van der Waals surface area contributed by atoms with Gasteiger partial charge < -0.3 is 10.2 Å². The van der Waals surface area contributed by atoms with E-state index in [1.807, 2.05) is 89.8 Å². The molecule has 0 aliphatic heterocycles. The second kappa shape index (κ2) is 10.4. The maximum atomic E-state index is 13.6. The molecular weight excluding hydrogens is 439 g/mol. The van der Waals surface area contributed by atoms with Crippen molar-refractivity contribution < 1.29 is 4.79 Å². The quantitative estimate of drug-likeness (QED) is 0.312. The minimum atomic E-state index is -0.277. The maximum absolute atomic E-state index is 13.6. The summed E-state index contributed by atoms with van der Waals surface area (Å²) in [5, 5.41) is 4.30. The first kappa shape index (κ1) is 21.9. The van der Waals surface area contributed by atoms with Gasteiger partial charge in [0.2, 0.25) is 0 Å². The Morgan fingerprint density at radius 3 is 1.66 bits per heavy atom. The number of carbonyl (C=O) groups excluding carboxylic acids is 1. The summed E-state index contributed by atoms with van der Waals surface area (Å²) in [5.74, 6) is 0. The van der Waals surface area contributed by atoms with Crippen molar-refractivity contribution >= 4 is 34.9 Å². The van der Waals surface area contributed by atoms with Crippen LogP contribution in [0, 0.1) is 0 Å². The number of benzene rings is 4. The molecule has 32 heavy (non-hydrogen) atoms. The van der Waals surface area contributed by atoms with E-state index in [4.69, 9.17) is 23.2 Å². The number of halogens is 2. The number of rotatable bonds is 6. The van der Waals surface area contributed by atoms with Crippen LogP contribution >= 0.6 is 23.2 Å². The van der Waals surface area contributed by atoms with E-state index in [1.54, 1.807) is 24.3 Å². The van der Waals surface area contributed by atoms with E-state index in [1.165, 1.54) is 0 Å². The molecule has 0 aliphatic rings. The van der Waals surface area contributed by atoms with Crippen molar-refractivity contribution in [2.45, 2.75) is 12.6 Å². The molecule has 0 bridgehead atoms. The number of nitrogens with one attached hydrogen (secondary N) is 1. The highest BCUT2D eigenvalue weighted by Crippen LogP contribution is 2.31. The first-order valence-electron chi connectivity index (χ1n) is 10.3. The van der Waals surface area contributed by atoms with E-state index >= 15 is 0 Å². The summed E-state index contributed by atoms with van der Waals surface area (Å²) >= 11 is 12.1. The molecule has 4 aromatic carbocycles. The summed E-state index contributed by atoms with van der Waals surface area (Å²) < 4.78 is 0. The van der Waals surface area contributed by atoms with Crippen molar-refractivity contribution in [2.24, 2.45) is 0 Å². The van der Waals surface area contributed by atoms with Crippen LogP contribution in [0.1, 0.15) is 22.7 Å². The van der Waals surface area contributed by atoms with E-state index in [-0.39, 0.29) is 12.1 Å². The van der Waals surface area contributed by atoms with Crippen molar-refractivity contribution in [2.75, 3.05) is 5.32 Å². The lowest BCUT2D eigenvalue weighted by Crippen LogP contribution is -2.38. The molecule has 160 valence electrons. The zero-order valence-electron chi connectivity index (χ0n) is 17.3. The van der Waals surface area contributed by atoms with E-state index in [2.05, 4.69) is 5.32 Å². The first-order chi connectivity index (χ1) is 15.6. The molecule has 2 amide bonds. The van der Waals surface area contributed by atoms with Crippen LogP contribution < -0.4 is 5.32 Å². The molecule has 3 nitrogen and oxygen atoms in total. The molecule has 4 rings (SSSR count). The van der Waals surface area contributed by atoms with Crippen LogP contribution in [0.15, 0.2) is 109 Å². The van der Waals surface area contributed by atoms with Gasteiger partial charge in [0.15, 0.2) is 0 Å². The van der Waals surface area contributed by atoms with Crippen LogP contribution in [-0.2, 0) is 6.54 Å². The predicted octanol–water partition coefficient (Wildman–Crippen LogP) is 7.82. The third kappa shape index (κ3) is 5.50. The first-order valence-corrected chi connectivity index (χ1v) is 11.0. The fraction of sp³-hybridized carbons (Fsp3) is 0.0741. The summed E-state index contributed by atoms with van der Waals surface area (Å²) in [6.07, 6.45) is 0. The average Bonchev–Trinajstić information content (AvgIpc) is 2.83. The van der Waals surface area contributed by atoms with E-state index in [0.717, 1.165) is 16.7 Å². The van der Waals surface area contributed by atoms with E-state index in [0.29, 0.717) is 22.3 Å². The minimum absolute atomic E-state index is 0.208. The van der Waals surface area contributed by atoms with Crippen LogP contribution in [0.25, 0.3) is 0 Å². The van der Waals surface area contributed by atoms with Crippen molar-refractivity contribution in [3.63, 3.8) is 0 Å². The lowest BCUT2D eigenvalue weighted by atomic mass is 9.96. The molecule has 0 aromatic heterocycles. The number of urea groups is 1. The Balaban J connectivity index is 1.75. The Morgan fingerprint density at radius 2 is 1.16 bits per heavy atom. The van der Waals surface area contributed by atoms with Gasteiger partial charge in [-0.15, -0.1) is 0 Å². The fourth-order valence-electron chi connectivity index (χ4n) is 3.62. The Hall–Kier alpha value is -3.27. The summed E-state index contributed by atoms with van der Waals surface area (Å²) in [6.45, 7) is 0.408. The molecule has 0 fully saturated rings. The fourth-order valence-corrected chi connectivity index (χ4v) is 3.87. The summed E-state index contributed by atoms with van der Waals surface area (Å²) in [4.78, 5) is 15.4. The highest BCUT2D eigenvalue weighted by atomic mass is 35.5. The highest BCUT2D eigenvalue weighted by molar-refractivity contribution is 6.30. The summed E-state index contributed by atoms with van der Waals surface area (Å²) in [5.41, 5.74) is 3.72. The number of hydrogen-bond donors (Lipinski definition) is 1. The molecule has 0 atom stereocenters. The number of nitrogens with zero attached hydrogens (tertiary/aromatic N) is 1. The Bertz CT molecular complexity index is 1110. The topological polar surface area (TPSA) is 32.3 Å². The van der Waals surface area contributed by atoms with Gasteiger partial charge in [0.1, 0.15) is 0 Å². The SMILES string of the molecule is O=C(Nc1ccc(Cl)cc1)N(Cc1ccc(Cl)cc1)C(c1ccccc1)c1ccccc1. The third-order valence-electron chi connectivity index (χ3n) is 5.16. The largest absolute Gasteiger partial charge is 0.322 e. The van der Waals surface area contributed by atoms with Crippen LogP contribution in [0.4, 0.5) is 10.5 Å². The van der Waals surface area contributed by atoms with Gasteiger partial charge in [0, 0.05) is 22.3 Å². The molecule has 0 unspecified atom stereocenters. The third-order valence-corrected chi connectivity index (χ3v) is 5.67. The molecule has 0 saturated carbocycles. The van der Waals surface area contributed by atoms with Gasteiger partial charge in [0.25, 0.3) is 0 Å². The Morgan fingerprint density at radius 1 is 0.688 bits per heavy atom. The Labute approximate surface area is 198 Å². The van der Waals surface area contributed by atoms with Crippen molar-refractivity contribution in [1.29, 1.82) is 0 Å². The normalized spacial score (nSPS) is 10.7. The van der Waals surface area contributed by atoms with Gasteiger partial charge in [-0.25, -0.2) is 4.79 Å². The Kier molecular flexibility index (Phi) is 7.10. The lowest BCUT2D eigenvalue weighted by Gasteiger charge is -2.33. The predicted molar refractivity (Wildman–Crippen MR) is 132 cm³/mol. The zero-order valence-corrected chi connectivity index (χ0v) is 18.8. The zero-order chi connectivity index (χ0) is 22.3.